The number of pyridine rings is 1. The van der Waals surface area contributed by atoms with Crippen LogP contribution in [0.3, 0.4) is 0 Å². The second-order valence-electron chi connectivity index (χ2n) is 9.15. The van der Waals surface area contributed by atoms with Crippen LogP contribution in [-0.4, -0.2) is 23.3 Å². The van der Waals surface area contributed by atoms with E-state index >= 15 is 0 Å². The number of hydrogen-bond acceptors (Lipinski definition) is 5. The van der Waals surface area contributed by atoms with E-state index in [1.807, 2.05) is 31.2 Å². The van der Waals surface area contributed by atoms with Crippen molar-refractivity contribution in [2.24, 2.45) is 0 Å². The number of fused-ring (bicyclic) bond motifs is 4. The Morgan fingerprint density at radius 3 is 2.71 bits per heavy atom. The molecule has 0 bridgehead atoms. The van der Waals surface area contributed by atoms with Crippen LogP contribution < -0.4 is 20.2 Å². The van der Waals surface area contributed by atoms with Gasteiger partial charge in [0.25, 0.3) is 5.91 Å². The Morgan fingerprint density at radius 1 is 1.06 bits per heavy atom. The van der Waals surface area contributed by atoms with Crippen LogP contribution in [0.5, 0.6) is 11.5 Å². The molecule has 1 aliphatic carbocycles. The molecule has 3 aromatic rings. The van der Waals surface area contributed by atoms with Gasteiger partial charge < -0.3 is 19.4 Å². The number of aryl methyl sites for hydroxylation is 1. The summed E-state index contributed by atoms with van der Waals surface area (Å²) in [6.45, 7) is 2.16. The average Bonchev–Trinajstić information content (AvgIpc) is 3.47. The molecule has 0 spiro atoms. The first-order valence-corrected chi connectivity index (χ1v) is 12.7. The summed E-state index contributed by atoms with van der Waals surface area (Å²) in [4.78, 5) is 27.8. The van der Waals surface area contributed by atoms with Crippen LogP contribution in [0.1, 0.15) is 58.2 Å². The number of carbonyl (C=O) groups excluding carboxylic acids is 1. The summed E-state index contributed by atoms with van der Waals surface area (Å²) in [5.74, 6) is 1.22. The Hall–Kier alpha value is -3.19. The van der Waals surface area contributed by atoms with E-state index < -0.39 is 0 Å². The lowest BCUT2D eigenvalue weighted by atomic mass is 10.0. The molecule has 0 saturated heterocycles. The van der Waals surface area contributed by atoms with Crippen molar-refractivity contribution < 1.29 is 14.3 Å². The monoisotopic (exact) mass is 474 g/mol. The summed E-state index contributed by atoms with van der Waals surface area (Å²) in [6, 6.07) is 15.9. The summed E-state index contributed by atoms with van der Waals surface area (Å²) in [7, 11) is 0. The van der Waals surface area contributed by atoms with Crippen molar-refractivity contribution >= 4 is 17.7 Å². The third kappa shape index (κ3) is 3.68. The summed E-state index contributed by atoms with van der Waals surface area (Å²) < 4.78 is 13.2. The SMILES string of the molecule is Cc1cc(=O)c(C(=O)NC2CCCC2)c2n1-c1ccccc1SC(c1ccc3c(c1)OCO3)C2. The molecule has 1 amide bonds. The molecule has 2 aliphatic heterocycles. The molecule has 7 heteroatoms. The number of para-hydroxylation sites is 1. The number of nitrogens with one attached hydrogen (secondary N) is 1. The van der Waals surface area contributed by atoms with Gasteiger partial charge in [0.15, 0.2) is 16.9 Å². The van der Waals surface area contributed by atoms with E-state index in [2.05, 4.69) is 28.1 Å². The second kappa shape index (κ2) is 8.55. The van der Waals surface area contributed by atoms with Crippen molar-refractivity contribution in [3.63, 3.8) is 0 Å². The maximum absolute atomic E-state index is 13.5. The third-order valence-corrected chi connectivity index (χ3v) is 8.26. The smallest absolute Gasteiger partial charge is 0.257 e. The molecule has 1 atom stereocenters. The highest BCUT2D eigenvalue weighted by Crippen LogP contribution is 2.46. The number of hydrogen-bond donors (Lipinski definition) is 1. The van der Waals surface area contributed by atoms with Gasteiger partial charge in [-0.3, -0.25) is 9.59 Å². The molecule has 3 aliphatic rings. The highest BCUT2D eigenvalue weighted by Gasteiger charge is 2.31. The lowest BCUT2D eigenvalue weighted by Crippen LogP contribution is -2.37. The molecule has 6 nitrogen and oxygen atoms in total. The first-order chi connectivity index (χ1) is 16.6. The minimum Gasteiger partial charge on any atom is -0.454 e. The van der Waals surface area contributed by atoms with Crippen LogP contribution in [0.15, 0.2) is 58.2 Å². The van der Waals surface area contributed by atoms with Crippen LogP contribution in [0.2, 0.25) is 0 Å². The number of ether oxygens (including phenoxy) is 2. The lowest BCUT2D eigenvalue weighted by Gasteiger charge is -2.21. The molecular weight excluding hydrogens is 448 g/mol. The highest BCUT2D eigenvalue weighted by molar-refractivity contribution is 7.99. The van der Waals surface area contributed by atoms with Crippen LogP contribution >= 0.6 is 11.8 Å². The van der Waals surface area contributed by atoms with E-state index in [1.165, 1.54) is 0 Å². The van der Waals surface area contributed by atoms with E-state index in [0.29, 0.717) is 6.42 Å². The Kier molecular flexibility index (Phi) is 5.37. The molecule has 1 saturated carbocycles. The maximum Gasteiger partial charge on any atom is 0.257 e. The quantitative estimate of drug-likeness (QED) is 0.583. The second-order valence-corrected chi connectivity index (χ2v) is 10.4. The normalized spacial score (nSPS) is 18.8. The van der Waals surface area contributed by atoms with Crippen molar-refractivity contribution in [1.29, 1.82) is 0 Å². The summed E-state index contributed by atoms with van der Waals surface area (Å²) >= 11 is 1.75. The molecule has 1 aromatic heterocycles. The van der Waals surface area contributed by atoms with E-state index in [1.54, 1.807) is 17.8 Å². The predicted octanol–water partition coefficient (Wildman–Crippen LogP) is 4.94. The van der Waals surface area contributed by atoms with E-state index in [-0.39, 0.29) is 35.0 Å². The van der Waals surface area contributed by atoms with Gasteiger partial charge in [-0.2, -0.15) is 0 Å². The van der Waals surface area contributed by atoms with E-state index in [0.717, 1.165) is 64.7 Å². The fourth-order valence-electron chi connectivity index (χ4n) is 5.30. The van der Waals surface area contributed by atoms with Crippen molar-refractivity contribution in [3.05, 3.63) is 81.3 Å². The van der Waals surface area contributed by atoms with E-state index in [4.69, 9.17) is 9.47 Å². The van der Waals surface area contributed by atoms with Crippen LogP contribution in [0.25, 0.3) is 5.69 Å². The number of thioether (sulfide) groups is 1. The van der Waals surface area contributed by atoms with Gasteiger partial charge in [-0.1, -0.05) is 31.0 Å². The fourth-order valence-corrected chi connectivity index (χ4v) is 6.57. The third-order valence-electron chi connectivity index (χ3n) is 6.94. The van der Waals surface area contributed by atoms with Crippen LogP contribution in [-0.2, 0) is 6.42 Å². The number of amides is 1. The minimum atomic E-state index is -0.255. The molecule has 34 heavy (non-hydrogen) atoms. The lowest BCUT2D eigenvalue weighted by molar-refractivity contribution is 0.0935. The number of nitrogens with zero attached hydrogens (tertiary/aromatic N) is 1. The first-order valence-electron chi connectivity index (χ1n) is 11.8. The Labute approximate surface area is 202 Å². The van der Waals surface area contributed by atoms with E-state index in [9.17, 15) is 9.59 Å². The number of benzene rings is 2. The van der Waals surface area contributed by atoms with Gasteiger partial charge in [-0.25, -0.2) is 0 Å². The molecule has 174 valence electrons. The largest absolute Gasteiger partial charge is 0.454 e. The van der Waals surface area contributed by atoms with Crippen molar-refractivity contribution in [1.82, 2.24) is 9.88 Å². The zero-order chi connectivity index (χ0) is 23.2. The standard InChI is InChI=1S/C27H26N2O4S/c1-16-12-21(30)26(27(31)28-18-6-2-3-7-18)20-14-25(17-10-11-22-23(13-17)33-15-32-22)34-24-9-5-4-8-19(24)29(16)20/h4-5,8-13,18,25H,2-3,6-7,14-15H2,1H3,(H,28,31). The Bertz CT molecular complexity index is 1340. The van der Waals surface area contributed by atoms with Gasteiger partial charge in [0, 0.05) is 40.1 Å². The Balaban J connectivity index is 1.50. The summed E-state index contributed by atoms with van der Waals surface area (Å²) in [5, 5.41) is 3.15. The van der Waals surface area contributed by atoms with Crippen molar-refractivity contribution in [2.75, 3.05) is 6.79 Å². The fraction of sp³-hybridized carbons (Fsp3) is 0.333. The molecule has 3 heterocycles. The average molecular weight is 475 g/mol. The molecule has 1 unspecified atom stereocenters. The van der Waals surface area contributed by atoms with Crippen LogP contribution in [0, 0.1) is 6.92 Å². The Morgan fingerprint density at radius 2 is 1.85 bits per heavy atom. The van der Waals surface area contributed by atoms with Gasteiger partial charge >= 0.3 is 0 Å². The molecule has 6 rings (SSSR count). The highest BCUT2D eigenvalue weighted by atomic mass is 32.2. The summed E-state index contributed by atoms with van der Waals surface area (Å²) in [6.07, 6.45) is 4.72. The predicted molar refractivity (Wildman–Crippen MR) is 131 cm³/mol. The summed E-state index contributed by atoms with van der Waals surface area (Å²) in [5.41, 5.74) is 3.72. The van der Waals surface area contributed by atoms with Gasteiger partial charge in [0.2, 0.25) is 6.79 Å². The number of carbonyl (C=O) groups is 1. The number of rotatable bonds is 3. The van der Waals surface area contributed by atoms with Gasteiger partial charge in [0.05, 0.1) is 5.69 Å². The van der Waals surface area contributed by atoms with Crippen molar-refractivity contribution in [2.45, 2.75) is 55.2 Å². The zero-order valence-corrected chi connectivity index (χ0v) is 19.8. The topological polar surface area (TPSA) is 69.6 Å². The maximum atomic E-state index is 13.5. The molecule has 0 radical (unpaired) electrons. The zero-order valence-electron chi connectivity index (χ0n) is 19.0. The minimum absolute atomic E-state index is 0.00336. The van der Waals surface area contributed by atoms with Crippen LogP contribution in [0.4, 0.5) is 0 Å². The van der Waals surface area contributed by atoms with Gasteiger partial charge in [-0.15, -0.1) is 11.8 Å². The molecule has 1 fully saturated rings. The van der Waals surface area contributed by atoms with Crippen molar-refractivity contribution in [3.8, 4) is 17.2 Å². The molecule has 1 N–H and O–H groups in total. The first kappa shape index (κ1) is 21.4. The van der Waals surface area contributed by atoms with Gasteiger partial charge in [0.1, 0.15) is 5.56 Å². The molecular formula is C27H26N2O4S. The van der Waals surface area contributed by atoms with Gasteiger partial charge in [-0.05, 0) is 49.6 Å². The number of aromatic nitrogens is 1. The molecule has 2 aromatic carbocycles.